The minimum atomic E-state index is 0.500. The van der Waals surface area contributed by atoms with Gasteiger partial charge < -0.3 is 9.84 Å². The van der Waals surface area contributed by atoms with Gasteiger partial charge in [-0.3, -0.25) is 0 Å². The van der Waals surface area contributed by atoms with Gasteiger partial charge in [-0.1, -0.05) is 38.8 Å². The number of aromatic nitrogens is 2. The van der Waals surface area contributed by atoms with Gasteiger partial charge in [0.15, 0.2) is 5.82 Å². The van der Waals surface area contributed by atoms with Crippen LogP contribution in [0.4, 0.5) is 0 Å². The van der Waals surface area contributed by atoms with Crippen LogP contribution in [0.1, 0.15) is 58.2 Å². The molecular formula is C15H27N3O. The standard InChI is InChI=1S/C15H27N3O/c1-4-16-13(12-7-5-6-8-12)10-15-17-14(18-19-15)9-11(2)3/h11-13,16H,4-10H2,1-3H3. The molecule has 0 amide bonds. The summed E-state index contributed by atoms with van der Waals surface area (Å²) in [5.41, 5.74) is 0. The average molecular weight is 265 g/mol. The van der Waals surface area contributed by atoms with Crippen molar-refractivity contribution < 1.29 is 4.52 Å². The van der Waals surface area contributed by atoms with Crippen LogP contribution in [0.3, 0.4) is 0 Å². The Hall–Kier alpha value is -0.900. The Morgan fingerprint density at radius 3 is 2.63 bits per heavy atom. The largest absolute Gasteiger partial charge is 0.339 e. The third-order valence-electron chi connectivity index (χ3n) is 3.93. The highest BCUT2D eigenvalue weighted by Crippen LogP contribution is 2.29. The SMILES string of the molecule is CCNC(Cc1nc(CC(C)C)no1)C1CCCC1. The molecule has 1 atom stereocenters. The molecular weight excluding hydrogens is 238 g/mol. The molecule has 1 aliphatic rings. The molecule has 0 aromatic carbocycles. The fraction of sp³-hybridized carbons (Fsp3) is 0.867. The number of nitrogens with zero attached hydrogens (tertiary/aromatic N) is 2. The monoisotopic (exact) mass is 265 g/mol. The number of hydrogen-bond donors (Lipinski definition) is 1. The van der Waals surface area contributed by atoms with Crippen molar-refractivity contribution >= 4 is 0 Å². The lowest BCUT2D eigenvalue weighted by molar-refractivity contribution is 0.309. The second-order valence-corrected chi connectivity index (χ2v) is 6.12. The summed E-state index contributed by atoms with van der Waals surface area (Å²) in [5.74, 6) is 3.01. The molecule has 1 saturated carbocycles. The summed E-state index contributed by atoms with van der Waals surface area (Å²) in [4.78, 5) is 4.53. The zero-order valence-corrected chi connectivity index (χ0v) is 12.5. The van der Waals surface area contributed by atoms with Crippen LogP contribution < -0.4 is 5.32 Å². The van der Waals surface area contributed by atoms with Gasteiger partial charge in [0.2, 0.25) is 5.89 Å². The van der Waals surface area contributed by atoms with Crippen molar-refractivity contribution in [2.45, 2.75) is 65.3 Å². The summed E-state index contributed by atoms with van der Waals surface area (Å²) < 4.78 is 5.40. The van der Waals surface area contributed by atoms with Gasteiger partial charge in [0.05, 0.1) is 0 Å². The molecule has 1 N–H and O–H groups in total. The van der Waals surface area contributed by atoms with Crippen LogP contribution in [0, 0.1) is 11.8 Å². The van der Waals surface area contributed by atoms with E-state index in [9.17, 15) is 0 Å². The molecule has 0 bridgehead atoms. The summed E-state index contributed by atoms with van der Waals surface area (Å²) in [5, 5.41) is 7.68. The topological polar surface area (TPSA) is 51.0 Å². The van der Waals surface area contributed by atoms with E-state index in [2.05, 4.69) is 36.2 Å². The first-order valence-corrected chi connectivity index (χ1v) is 7.73. The maximum atomic E-state index is 5.40. The molecule has 1 aromatic heterocycles. The minimum Gasteiger partial charge on any atom is -0.339 e. The van der Waals surface area contributed by atoms with E-state index in [1.54, 1.807) is 0 Å². The average Bonchev–Trinajstić information content (AvgIpc) is 2.99. The third kappa shape index (κ3) is 4.30. The van der Waals surface area contributed by atoms with Crippen molar-refractivity contribution in [3.8, 4) is 0 Å². The Bertz CT molecular complexity index is 369. The molecule has 1 unspecified atom stereocenters. The van der Waals surface area contributed by atoms with Crippen LogP contribution in [0.25, 0.3) is 0 Å². The Morgan fingerprint density at radius 1 is 1.26 bits per heavy atom. The van der Waals surface area contributed by atoms with E-state index in [1.165, 1.54) is 25.7 Å². The third-order valence-corrected chi connectivity index (χ3v) is 3.93. The lowest BCUT2D eigenvalue weighted by Gasteiger charge is -2.22. The van der Waals surface area contributed by atoms with Gasteiger partial charge in [0.25, 0.3) is 0 Å². The molecule has 0 aliphatic heterocycles. The molecule has 4 heteroatoms. The quantitative estimate of drug-likeness (QED) is 0.823. The maximum Gasteiger partial charge on any atom is 0.228 e. The summed E-state index contributed by atoms with van der Waals surface area (Å²) in [6.45, 7) is 7.53. The molecule has 108 valence electrons. The van der Waals surface area contributed by atoms with Gasteiger partial charge in [-0.2, -0.15) is 4.98 Å². The van der Waals surface area contributed by atoms with Crippen molar-refractivity contribution in [2.24, 2.45) is 11.8 Å². The molecule has 0 saturated heterocycles. The molecule has 0 radical (unpaired) electrons. The number of likely N-dealkylation sites (N-methyl/N-ethyl adjacent to an activating group) is 1. The lowest BCUT2D eigenvalue weighted by Crippen LogP contribution is -2.37. The van der Waals surface area contributed by atoms with Crippen LogP contribution in [0.5, 0.6) is 0 Å². The van der Waals surface area contributed by atoms with Crippen LogP contribution >= 0.6 is 0 Å². The van der Waals surface area contributed by atoms with E-state index < -0.39 is 0 Å². The molecule has 1 heterocycles. The van der Waals surface area contributed by atoms with Crippen molar-refractivity contribution in [1.82, 2.24) is 15.5 Å². The van der Waals surface area contributed by atoms with E-state index in [0.717, 1.165) is 37.0 Å². The highest BCUT2D eigenvalue weighted by molar-refractivity contribution is 4.93. The van der Waals surface area contributed by atoms with Crippen LogP contribution in [-0.2, 0) is 12.8 Å². The summed E-state index contributed by atoms with van der Waals surface area (Å²) in [6.07, 6.45) is 7.20. The predicted octanol–water partition coefficient (Wildman–Crippen LogP) is 2.98. The second kappa shape index (κ2) is 7.04. The van der Waals surface area contributed by atoms with Gasteiger partial charge >= 0.3 is 0 Å². The highest BCUT2D eigenvalue weighted by atomic mass is 16.5. The van der Waals surface area contributed by atoms with Gasteiger partial charge in [-0.25, -0.2) is 0 Å². The number of hydrogen-bond acceptors (Lipinski definition) is 4. The first-order chi connectivity index (χ1) is 9.19. The van der Waals surface area contributed by atoms with Crippen molar-refractivity contribution in [2.75, 3.05) is 6.54 Å². The Balaban J connectivity index is 1.94. The molecule has 1 aromatic rings. The van der Waals surface area contributed by atoms with Gasteiger partial charge in [-0.05, 0) is 31.2 Å². The molecule has 0 spiro atoms. The molecule has 2 rings (SSSR count). The molecule has 1 aliphatic carbocycles. The van der Waals surface area contributed by atoms with Crippen molar-refractivity contribution in [3.05, 3.63) is 11.7 Å². The van der Waals surface area contributed by atoms with E-state index in [-0.39, 0.29) is 0 Å². The van der Waals surface area contributed by atoms with E-state index in [4.69, 9.17) is 4.52 Å². The Labute approximate surface area is 116 Å². The fourth-order valence-electron chi connectivity index (χ4n) is 3.04. The fourth-order valence-corrected chi connectivity index (χ4v) is 3.04. The van der Waals surface area contributed by atoms with Crippen molar-refractivity contribution in [1.29, 1.82) is 0 Å². The van der Waals surface area contributed by atoms with E-state index >= 15 is 0 Å². The second-order valence-electron chi connectivity index (χ2n) is 6.12. The van der Waals surface area contributed by atoms with E-state index in [0.29, 0.717) is 12.0 Å². The van der Waals surface area contributed by atoms with Crippen LogP contribution in [0.15, 0.2) is 4.52 Å². The molecule has 4 nitrogen and oxygen atoms in total. The highest BCUT2D eigenvalue weighted by Gasteiger charge is 2.26. The first kappa shape index (κ1) is 14.5. The van der Waals surface area contributed by atoms with Crippen molar-refractivity contribution in [3.63, 3.8) is 0 Å². The molecule has 19 heavy (non-hydrogen) atoms. The Kier molecular flexibility index (Phi) is 5.37. The molecule has 1 fully saturated rings. The predicted molar refractivity (Wildman–Crippen MR) is 76.0 cm³/mol. The first-order valence-electron chi connectivity index (χ1n) is 7.73. The van der Waals surface area contributed by atoms with Crippen LogP contribution in [0.2, 0.25) is 0 Å². The lowest BCUT2D eigenvalue weighted by atomic mass is 9.95. The van der Waals surface area contributed by atoms with Crippen LogP contribution in [-0.4, -0.2) is 22.7 Å². The smallest absolute Gasteiger partial charge is 0.228 e. The minimum absolute atomic E-state index is 0.500. The van der Waals surface area contributed by atoms with Gasteiger partial charge in [-0.15, -0.1) is 0 Å². The van der Waals surface area contributed by atoms with Gasteiger partial charge in [0, 0.05) is 18.9 Å². The Morgan fingerprint density at radius 2 is 2.00 bits per heavy atom. The zero-order chi connectivity index (χ0) is 13.7. The van der Waals surface area contributed by atoms with Gasteiger partial charge in [0.1, 0.15) is 0 Å². The maximum absolute atomic E-state index is 5.40. The number of rotatable bonds is 7. The number of nitrogens with one attached hydrogen (secondary N) is 1. The zero-order valence-electron chi connectivity index (χ0n) is 12.5. The summed E-state index contributed by atoms with van der Waals surface area (Å²) in [6, 6.07) is 0.500. The van der Waals surface area contributed by atoms with E-state index in [1.807, 2.05) is 0 Å². The summed E-state index contributed by atoms with van der Waals surface area (Å²) in [7, 11) is 0. The summed E-state index contributed by atoms with van der Waals surface area (Å²) >= 11 is 0. The normalized spacial score (nSPS) is 18.3.